The Balaban J connectivity index is 1.64. The molecule has 0 aliphatic heterocycles. The summed E-state index contributed by atoms with van der Waals surface area (Å²) in [6.07, 6.45) is 4.78. The second-order valence-corrected chi connectivity index (χ2v) is 6.27. The Morgan fingerprint density at radius 3 is 2.59 bits per heavy atom. The fourth-order valence-corrected chi connectivity index (χ4v) is 3.16. The first-order chi connectivity index (χ1) is 10.8. The van der Waals surface area contributed by atoms with Crippen molar-refractivity contribution in [2.24, 2.45) is 0 Å². The third-order valence-corrected chi connectivity index (χ3v) is 4.76. The quantitative estimate of drug-likeness (QED) is 0.688. The Labute approximate surface area is 140 Å². The molecule has 2 radical (unpaired) electrons. The van der Waals surface area contributed by atoms with Gasteiger partial charge in [0, 0.05) is 0 Å². The molecular formula is C19H19AsN2. The standard InChI is InChI=1S/C19H19AsN2/c20-12-19(11-15-4-3-9-21-13-15)22-14-16-7-8-17-5-1-2-6-18(17)10-16/h1-10,13,19,22H,11-12,14H2. The summed E-state index contributed by atoms with van der Waals surface area (Å²) in [4.78, 5) is 4.19. The van der Waals surface area contributed by atoms with Crippen LogP contribution in [0.1, 0.15) is 11.1 Å². The summed E-state index contributed by atoms with van der Waals surface area (Å²) >= 11 is 2.69. The monoisotopic (exact) mass is 350 g/mol. The van der Waals surface area contributed by atoms with E-state index < -0.39 is 0 Å². The van der Waals surface area contributed by atoms with Gasteiger partial charge in [-0.1, -0.05) is 0 Å². The van der Waals surface area contributed by atoms with E-state index >= 15 is 0 Å². The van der Waals surface area contributed by atoms with Crippen LogP contribution < -0.4 is 5.32 Å². The van der Waals surface area contributed by atoms with E-state index in [1.807, 2.05) is 18.5 Å². The van der Waals surface area contributed by atoms with E-state index in [-0.39, 0.29) is 0 Å². The third-order valence-electron chi connectivity index (χ3n) is 3.83. The van der Waals surface area contributed by atoms with Gasteiger partial charge in [-0.25, -0.2) is 0 Å². The predicted octanol–water partition coefficient (Wildman–Crippen LogP) is 3.52. The Bertz CT molecular complexity index is 728. The minimum absolute atomic E-state index is 0.454. The molecule has 0 amide bonds. The molecule has 0 aliphatic rings. The molecule has 2 nitrogen and oxygen atoms in total. The normalized spacial score (nSPS) is 12.4. The first-order valence-electron chi connectivity index (χ1n) is 7.56. The van der Waals surface area contributed by atoms with Crippen LogP contribution in [0, 0.1) is 0 Å². The molecule has 3 aromatic rings. The fraction of sp³-hybridized carbons (Fsp3) is 0.211. The zero-order chi connectivity index (χ0) is 15.2. The summed E-state index contributed by atoms with van der Waals surface area (Å²) in [5, 5.41) is 7.31. The first-order valence-corrected chi connectivity index (χ1v) is 8.88. The summed E-state index contributed by atoms with van der Waals surface area (Å²) in [7, 11) is 0. The Hall–Kier alpha value is -1.63. The first kappa shape index (κ1) is 15.3. The van der Waals surface area contributed by atoms with Crippen molar-refractivity contribution in [2.75, 3.05) is 0 Å². The number of nitrogens with one attached hydrogen (secondary N) is 1. The maximum absolute atomic E-state index is 4.19. The Morgan fingerprint density at radius 2 is 1.82 bits per heavy atom. The minimum atomic E-state index is 0.454. The van der Waals surface area contributed by atoms with Crippen molar-refractivity contribution in [1.29, 1.82) is 0 Å². The van der Waals surface area contributed by atoms with Crippen LogP contribution >= 0.6 is 0 Å². The zero-order valence-electron chi connectivity index (χ0n) is 12.4. The summed E-state index contributed by atoms with van der Waals surface area (Å²) < 4.78 is 0. The van der Waals surface area contributed by atoms with Crippen LogP contribution in [0.3, 0.4) is 0 Å². The van der Waals surface area contributed by atoms with Gasteiger partial charge in [0.25, 0.3) is 0 Å². The molecule has 1 atom stereocenters. The van der Waals surface area contributed by atoms with Crippen molar-refractivity contribution in [2.45, 2.75) is 24.2 Å². The summed E-state index contributed by atoms with van der Waals surface area (Å²) in [6, 6.07) is 19.8. The van der Waals surface area contributed by atoms with Crippen LogP contribution in [-0.4, -0.2) is 27.9 Å². The van der Waals surface area contributed by atoms with Crippen LogP contribution in [0.2, 0.25) is 5.21 Å². The Kier molecular flexibility index (Phi) is 5.26. The molecule has 0 aliphatic carbocycles. The molecule has 1 heterocycles. The van der Waals surface area contributed by atoms with Crippen LogP contribution in [0.4, 0.5) is 0 Å². The van der Waals surface area contributed by atoms with Crippen LogP contribution in [0.5, 0.6) is 0 Å². The molecule has 0 bridgehead atoms. The van der Waals surface area contributed by atoms with E-state index in [9.17, 15) is 0 Å². The molecule has 0 saturated heterocycles. The number of hydrogen-bond acceptors (Lipinski definition) is 2. The number of nitrogens with zero attached hydrogens (tertiary/aromatic N) is 1. The molecule has 0 fully saturated rings. The van der Waals surface area contributed by atoms with E-state index in [0.29, 0.717) is 6.04 Å². The van der Waals surface area contributed by atoms with Gasteiger partial charge in [-0.2, -0.15) is 0 Å². The van der Waals surface area contributed by atoms with Gasteiger partial charge in [-0.05, 0) is 0 Å². The summed E-state index contributed by atoms with van der Waals surface area (Å²) in [5.41, 5.74) is 2.61. The fourth-order valence-electron chi connectivity index (χ4n) is 2.62. The van der Waals surface area contributed by atoms with Gasteiger partial charge in [-0.3, -0.25) is 0 Å². The second-order valence-electron chi connectivity index (χ2n) is 5.51. The number of hydrogen-bond donors (Lipinski definition) is 1. The van der Waals surface area contributed by atoms with Crippen molar-refractivity contribution in [1.82, 2.24) is 10.3 Å². The van der Waals surface area contributed by atoms with Crippen molar-refractivity contribution in [3.05, 3.63) is 78.1 Å². The van der Waals surface area contributed by atoms with Crippen LogP contribution in [-0.2, 0) is 13.0 Å². The van der Waals surface area contributed by atoms with E-state index in [2.05, 4.69) is 75.7 Å². The Morgan fingerprint density at radius 1 is 0.955 bits per heavy atom. The van der Waals surface area contributed by atoms with Gasteiger partial charge < -0.3 is 0 Å². The van der Waals surface area contributed by atoms with Gasteiger partial charge in [0.05, 0.1) is 0 Å². The second kappa shape index (κ2) is 7.58. The average Bonchev–Trinajstić information content (AvgIpc) is 2.59. The van der Waals surface area contributed by atoms with E-state index in [4.69, 9.17) is 0 Å². The molecule has 0 spiro atoms. The summed E-state index contributed by atoms with van der Waals surface area (Å²) in [5.74, 6) is 0. The molecule has 1 unspecified atom stereocenters. The summed E-state index contributed by atoms with van der Waals surface area (Å²) in [6.45, 7) is 0.896. The molecule has 3 heteroatoms. The molecule has 3 rings (SSSR count). The van der Waals surface area contributed by atoms with Gasteiger partial charge in [0.15, 0.2) is 0 Å². The van der Waals surface area contributed by atoms with E-state index in [1.54, 1.807) is 0 Å². The predicted molar refractivity (Wildman–Crippen MR) is 93.1 cm³/mol. The number of aromatic nitrogens is 1. The van der Waals surface area contributed by atoms with Crippen molar-refractivity contribution < 1.29 is 0 Å². The SMILES string of the molecule is [As]CC(Cc1cccnc1)NCc1ccc2ccccc2c1. The van der Waals surface area contributed by atoms with Crippen molar-refractivity contribution >= 4 is 27.6 Å². The number of benzene rings is 2. The average molecular weight is 350 g/mol. The third kappa shape index (κ3) is 3.97. The van der Waals surface area contributed by atoms with Gasteiger partial charge in [0.1, 0.15) is 0 Å². The van der Waals surface area contributed by atoms with Gasteiger partial charge >= 0.3 is 140 Å². The maximum atomic E-state index is 4.19. The van der Waals surface area contributed by atoms with E-state index in [0.717, 1.165) is 18.2 Å². The molecule has 110 valence electrons. The number of pyridine rings is 1. The van der Waals surface area contributed by atoms with Gasteiger partial charge in [-0.15, -0.1) is 0 Å². The molecule has 22 heavy (non-hydrogen) atoms. The zero-order valence-corrected chi connectivity index (χ0v) is 14.3. The van der Waals surface area contributed by atoms with Crippen LogP contribution in [0.25, 0.3) is 10.8 Å². The molecule has 1 aromatic heterocycles. The van der Waals surface area contributed by atoms with Crippen molar-refractivity contribution in [3.8, 4) is 0 Å². The number of rotatable bonds is 6. The van der Waals surface area contributed by atoms with Crippen molar-refractivity contribution in [3.63, 3.8) is 0 Å². The number of fused-ring (bicyclic) bond motifs is 1. The topological polar surface area (TPSA) is 24.9 Å². The van der Waals surface area contributed by atoms with Gasteiger partial charge in [0.2, 0.25) is 0 Å². The van der Waals surface area contributed by atoms with Crippen LogP contribution in [0.15, 0.2) is 67.0 Å². The molecule has 0 saturated carbocycles. The molecule has 1 N–H and O–H groups in total. The molecule has 2 aromatic carbocycles. The van der Waals surface area contributed by atoms with E-state index in [1.165, 1.54) is 21.9 Å². The molecular weight excluding hydrogens is 331 g/mol.